The number of rotatable bonds is 11. The van der Waals surface area contributed by atoms with E-state index < -0.39 is 0 Å². The fourth-order valence-corrected chi connectivity index (χ4v) is 2.45. The summed E-state index contributed by atoms with van der Waals surface area (Å²) in [7, 11) is 0. The SMILES string of the molecule is CCCCCCCCCCCC(N)C1CC1. The first-order chi connectivity index (χ1) is 7.84. The lowest BCUT2D eigenvalue weighted by Crippen LogP contribution is -2.21. The quantitative estimate of drug-likeness (QED) is 0.509. The lowest BCUT2D eigenvalue weighted by molar-refractivity contribution is 0.495. The van der Waals surface area contributed by atoms with Gasteiger partial charge in [0.2, 0.25) is 0 Å². The Morgan fingerprint density at radius 1 is 0.875 bits per heavy atom. The molecule has 1 atom stereocenters. The van der Waals surface area contributed by atoms with Gasteiger partial charge in [0.15, 0.2) is 0 Å². The summed E-state index contributed by atoms with van der Waals surface area (Å²) >= 11 is 0. The van der Waals surface area contributed by atoms with Crippen molar-refractivity contribution in [3.63, 3.8) is 0 Å². The van der Waals surface area contributed by atoms with Gasteiger partial charge in [0, 0.05) is 6.04 Å². The fourth-order valence-electron chi connectivity index (χ4n) is 2.45. The van der Waals surface area contributed by atoms with Crippen molar-refractivity contribution in [2.45, 2.75) is 90.0 Å². The zero-order valence-corrected chi connectivity index (χ0v) is 11.2. The molecule has 2 N–H and O–H groups in total. The Hall–Kier alpha value is -0.0400. The van der Waals surface area contributed by atoms with Gasteiger partial charge in [-0.3, -0.25) is 0 Å². The molecule has 0 heterocycles. The lowest BCUT2D eigenvalue weighted by atomic mass is 10.0. The summed E-state index contributed by atoms with van der Waals surface area (Å²) in [4.78, 5) is 0. The second kappa shape index (κ2) is 9.04. The predicted molar refractivity (Wildman–Crippen MR) is 72.5 cm³/mol. The average molecular weight is 225 g/mol. The number of hydrogen-bond donors (Lipinski definition) is 1. The van der Waals surface area contributed by atoms with Crippen LogP contribution in [0.3, 0.4) is 0 Å². The van der Waals surface area contributed by atoms with E-state index in [9.17, 15) is 0 Å². The molecule has 1 fully saturated rings. The van der Waals surface area contributed by atoms with Gasteiger partial charge < -0.3 is 5.73 Å². The Bertz CT molecular complexity index is 152. The zero-order valence-electron chi connectivity index (χ0n) is 11.2. The highest BCUT2D eigenvalue weighted by Gasteiger charge is 2.27. The van der Waals surface area contributed by atoms with Gasteiger partial charge in [-0.25, -0.2) is 0 Å². The first kappa shape index (κ1) is 14.0. The first-order valence-electron chi connectivity index (χ1n) is 7.60. The number of hydrogen-bond acceptors (Lipinski definition) is 1. The minimum absolute atomic E-state index is 0.532. The summed E-state index contributed by atoms with van der Waals surface area (Å²) in [5.74, 6) is 0.897. The topological polar surface area (TPSA) is 26.0 Å². The molecule has 0 aromatic carbocycles. The largest absolute Gasteiger partial charge is 0.327 e. The van der Waals surface area contributed by atoms with E-state index >= 15 is 0 Å². The van der Waals surface area contributed by atoms with E-state index in [2.05, 4.69) is 6.92 Å². The van der Waals surface area contributed by atoms with E-state index in [0.29, 0.717) is 6.04 Å². The van der Waals surface area contributed by atoms with Crippen LogP contribution in [0.15, 0.2) is 0 Å². The Morgan fingerprint density at radius 3 is 1.88 bits per heavy atom. The first-order valence-corrected chi connectivity index (χ1v) is 7.60. The van der Waals surface area contributed by atoms with Crippen LogP contribution in [0.5, 0.6) is 0 Å². The molecule has 0 bridgehead atoms. The molecular formula is C15H31N. The molecular weight excluding hydrogens is 194 g/mol. The molecule has 96 valence electrons. The highest BCUT2D eigenvalue weighted by Crippen LogP contribution is 2.33. The van der Waals surface area contributed by atoms with Gasteiger partial charge in [-0.2, -0.15) is 0 Å². The third-order valence-electron chi connectivity index (χ3n) is 3.87. The van der Waals surface area contributed by atoms with Gasteiger partial charge in [0.1, 0.15) is 0 Å². The van der Waals surface area contributed by atoms with Crippen molar-refractivity contribution in [3.8, 4) is 0 Å². The molecule has 0 aromatic heterocycles. The molecule has 0 amide bonds. The molecule has 0 aliphatic heterocycles. The van der Waals surface area contributed by atoms with Crippen molar-refractivity contribution in [2.75, 3.05) is 0 Å². The lowest BCUT2D eigenvalue weighted by Gasteiger charge is -2.09. The summed E-state index contributed by atoms with van der Waals surface area (Å²) in [6, 6.07) is 0.532. The molecule has 0 spiro atoms. The molecule has 1 heteroatoms. The van der Waals surface area contributed by atoms with Gasteiger partial charge in [-0.05, 0) is 25.2 Å². The highest BCUT2D eigenvalue weighted by atomic mass is 14.7. The van der Waals surface area contributed by atoms with Crippen molar-refractivity contribution in [2.24, 2.45) is 11.7 Å². The predicted octanol–water partition coefficient (Wildman–Crippen LogP) is 4.64. The molecule has 1 saturated carbocycles. The monoisotopic (exact) mass is 225 g/mol. The maximum Gasteiger partial charge on any atom is 0.00671 e. The molecule has 1 aliphatic carbocycles. The Labute approximate surface area is 102 Å². The van der Waals surface area contributed by atoms with Crippen molar-refractivity contribution in [1.29, 1.82) is 0 Å². The van der Waals surface area contributed by atoms with E-state index in [1.807, 2.05) is 0 Å². The van der Waals surface area contributed by atoms with Gasteiger partial charge in [-0.15, -0.1) is 0 Å². The van der Waals surface area contributed by atoms with Crippen LogP contribution >= 0.6 is 0 Å². The van der Waals surface area contributed by atoms with Crippen LogP contribution in [0.4, 0.5) is 0 Å². The van der Waals surface area contributed by atoms with Crippen LogP contribution in [0.25, 0.3) is 0 Å². The van der Waals surface area contributed by atoms with Crippen LogP contribution in [0, 0.1) is 5.92 Å². The van der Waals surface area contributed by atoms with E-state index in [0.717, 1.165) is 5.92 Å². The molecule has 1 nitrogen and oxygen atoms in total. The summed E-state index contributed by atoms with van der Waals surface area (Å²) in [6.07, 6.45) is 16.9. The Balaban J connectivity index is 1.71. The second-order valence-electron chi connectivity index (χ2n) is 5.62. The second-order valence-corrected chi connectivity index (χ2v) is 5.62. The maximum atomic E-state index is 6.07. The van der Waals surface area contributed by atoms with E-state index in [4.69, 9.17) is 5.73 Å². The Kier molecular flexibility index (Phi) is 7.92. The van der Waals surface area contributed by atoms with Crippen molar-refractivity contribution in [3.05, 3.63) is 0 Å². The minimum Gasteiger partial charge on any atom is -0.327 e. The number of nitrogens with two attached hydrogens (primary N) is 1. The zero-order chi connectivity index (χ0) is 11.6. The summed E-state index contributed by atoms with van der Waals surface area (Å²) < 4.78 is 0. The van der Waals surface area contributed by atoms with E-state index in [1.54, 1.807) is 0 Å². The molecule has 0 saturated heterocycles. The maximum absolute atomic E-state index is 6.07. The fraction of sp³-hybridized carbons (Fsp3) is 1.00. The summed E-state index contributed by atoms with van der Waals surface area (Å²) in [5, 5.41) is 0. The van der Waals surface area contributed by atoms with Crippen LogP contribution in [-0.2, 0) is 0 Å². The van der Waals surface area contributed by atoms with E-state index in [-0.39, 0.29) is 0 Å². The van der Waals surface area contributed by atoms with Crippen LogP contribution < -0.4 is 5.73 Å². The standard InChI is InChI=1S/C15H31N/c1-2-3-4-5-6-7-8-9-10-11-15(16)14-12-13-14/h14-15H,2-13,16H2,1H3. The van der Waals surface area contributed by atoms with E-state index in [1.165, 1.54) is 77.0 Å². The molecule has 0 aromatic rings. The van der Waals surface area contributed by atoms with Crippen LogP contribution in [0.1, 0.15) is 84.0 Å². The van der Waals surface area contributed by atoms with Gasteiger partial charge in [0.05, 0.1) is 0 Å². The van der Waals surface area contributed by atoms with Crippen LogP contribution in [-0.4, -0.2) is 6.04 Å². The molecule has 1 rings (SSSR count). The highest BCUT2D eigenvalue weighted by molar-refractivity contribution is 4.83. The molecule has 16 heavy (non-hydrogen) atoms. The normalized spacial score (nSPS) is 17.6. The van der Waals surface area contributed by atoms with Gasteiger partial charge in [-0.1, -0.05) is 64.7 Å². The summed E-state index contributed by atoms with van der Waals surface area (Å²) in [5.41, 5.74) is 6.07. The minimum atomic E-state index is 0.532. The Morgan fingerprint density at radius 2 is 1.38 bits per heavy atom. The third kappa shape index (κ3) is 7.27. The van der Waals surface area contributed by atoms with Crippen molar-refractivity contribution < 1.29 is 0 Å². The average Bonchev–Trinajstić information content (AvgIpc) is 3.10. The van der Waals surface area contributed by atoms with Crippen molar-refractivity contribution in [1.82, 2.24) is 0 Å². The summed E-state index contributed by atoms with van der Waals surface area (Å²) in [6.45, 7) is 2.28. The van der Waals surface area contributed by atoms with Gasteiger partial charge >= 0.3 is 0 Å². The van der Waals surface area contributed by atoms with Crippen LogP contribution in [0.2, 0.25) is 0 Å². The molecule has 0 radical (unpaired) electrons. The number of unbranched alkanes of at least 4 members (excludes halogenated alkanes) is 8. The molecule has 1 unspecified atom stereocenters. The van der Waals surface area contributed by atoms with Gasteiger partial charge in [0.25, 0.3) is 0 Å². The van der Waals surface area contributed by atoms with Crippen molar-refractivity contribution >= 4 is 0 Å². The smallest absolute Gasteiger partial charge is 0.00671 e. The third-order valence-corrected chi connectivity index (χ3v) is 3.87. The molecule has 1 aliphatic rings.